The van der Waals surface area contributed by atoms with Gasteiger partial charge in [-0.1, -0.05) is 18.5 Å². The quantitative estimate of drug-likeness (QED) is 0.416. The van der Waals surface area contributed by atoms with Gasteiger partial charge in [0.2, 0.25) is 0 Å². The van der Waals surface area contributed by atoms with Crippen LogP contribution in [0.5, 0.6) is 0 Å². The Bertz CT molecular complexity index is 112. The van der Waals surface area contributed by atoms with E-state index in [0.29, 0.717) is 10.6 Å². The predicted molar refractivity (Wildman–Crippen MR) is 34.9 cm³/mol. The molecule has 0 radical (unpaired) electrons. The predicted octanol–water partition coefficient (Wildman–Crippen LogP) is 2.11. The first-order chi connectivity index (χ1) is 3.72. The lowest BCUT2D eigenvalue weighted by atomic mass is 10.2. The average molecular weight is 133 g/mol. The Labute approximate surface area is 54.3 Å². The van der Waals surface area contributed by atoms with Gasteiger partial charge in [0, 0.05) is 10.6 Å². The molecule has 0 aromatic carbocycles. The molecule has 0 aromatic rings. The molecule has 8 heavy (non-hydrogen) atoms. The molecule has 1 nitrogen and oxygen atoms in total. The SMILES string of the molecule is CC/C(C=O)=C(/C)Cl. The Morgan fingerprint density at radius 1 is 1.75 bits per heavy atom. The number of allylic oxidation sites excluding steroid dienone is 2. The third-order valence-corrected chi connectivity index (χ3v) is 1.21. The molecule has 0 saturated carbocycles. The van der Waals surface area contributed by atoms with E-state index in [0.717, 1.165) is 12.7 Å². The van der Waals surface area contributed by atoms with Crippen LogP contribution < -0.4 is 0 Å². The van der Waals surface area contributed by atoms with Crippen molar-refractivity contribution in [1.82, 2.24) is 0 Å². The second kappa shape index (κ2) is 3.67. The first kappa shape index (κ1) is 7.70. The van der Waals surface area contributed by atoms with E-state index in [2.05, 4.69) is 0 Å². The molecule has 2 heteroatoms. The fourth-order valence-corrected chi connectivity index (χ4v) is 0.586. The fraction of sp³-hybridized carbons (Fsp3) is 0.500. The third-order valence-electron chi connectivity index (χ3n) is 0.966. The molecule has 0 bridgehead atoms. The summed E-state index contributed by atoms with van der Waals surface area (Å²) in [4.78, 5) is 10.0. The monoisotopic (exact) mass is 132 g/mol. The summed E-state index contributed by atoms with van der Waals surface area (Å²) in [5.74, 6) is 0. The number of aldehydes is 1. The lowest BCUT2D eigenvalue weighted by Crippen LogP contribution is -1.81. The summed E-state index contributed by atoms with van der Waals surface area (Å²) in [6.07, 6.45) is 1.52. The molecule has 0 fully saturated rings. The minimum absolute atomic E-state index is 0.600. The van der Waals surface area contributed by atoms with Gasteiger partial charge in [0.15, 0.2) is 0 Å². The fourth-order valence-electron chi connectivity index (χ4n) is 0.408. The molecule has 0 aliphatic heterocycles. The zero-order valence-corrected chi connectivity index (χ0v) is 5.83. The van der Waals surface area contributed by atoms with Gasteiger partial charge in [-0.05, 0) is 13.3 Å². The lowest BCUT2D eigenvalue weighted by Gasteiger charge is -1.91. The van der Waals surface area contributed by atoms with Crippen LogP contribution in [0.1, 0.15) is 20.3 Å². The summed E-state index contributed by atoms with van der Waals surface area (Å²) in [5.41, 5.74) is 0.687. The molecule has 0 unspecified atom stereocenters. The highest BCUT2D eigenvalue weighted by Gasteiger charge is 1.92. The Hall–Kier alpha value is -0.300. The van der Waals surface area contributed by atoms with Gasteiger partial charge in [0.25, 0.3) is 0 Å². The average Bonchev–Trinajstić information content (AvgIpc) is 1.69. The minimum Gasteiger partial charge on any atom is -0.298 e. The van der Waals surface area contributed by atoms with Crippen LogP contribution in [0.25, 0.3) is 0 Å². The van der Waals surface area contributed by atoms with Crippen molar-refractivity contribution in [3.05, 3.63) is 10.6 Å². The van der Waals surface area contributed by atoms with Gasteiger partial charge in [0.1, 0.15) is 6.29 Å². The van der Waals surface area contributed by atoms with Crippen molar-refractivity contribution >= 4 is 17.9 Å². The molecule has 0 N–H and O–H groups in total. The van der Waals surface area contributed by atoms with Gasteiger partial charge in [0.05, 0.1) is 0 Å². The minimum atomic E-state index is 0.600. The largest absolute Gasteiger partial charge is 0.298 e. The van der Waals surface area contributed by atoms with Crippen molar-refractivity contribution < 1.29 is 4.79 Å². The summed E-state index contributed by atoms with van der Waals surface area (Å²) in [7, 11) is 0. The highest BCUT2D eigenvalue weighted by Crippen LogP contribution is 2.08. The molecule has 0 saturated heterocycles. The van der Waals surface area contributed by atoms with Crippen molar-refractivity contribution in [2.24, 2.45) is 0 Å². The van der Waals surface area contributed by atoms with E-state index in [9.17, 15) is 4.79 Å². The number of hydrogen-bond donors (Lipinski definition) is 0. The van der Waals surface area contributed by atoms with Crippen LogP contribution in [0.15, 0.2) is 10.6 Å². The van der Waals surface area contributed by atoms with E-state index in [1.54, 1.807) is 6.92 Å². The Kier molecular flexibility index (Phi) is 3.53. The molecule has 0 aliphatic carbocycles. The third kappa shape index (κ3) is 2.12. The van der Waals surface area contributed by atoms with Crippen molar-refractivity contribution in [3.8, 4) is 0 Å². The second-order valence-corrected chi connectivity index (χ2v) is 2.10. The summed E-state index contributed by atoms with van der Waals surface area (Å²) in [6.45, 7) is 3.62. The molecular formula is C6H9ClO. The van der Waals surface area contributed by atoms with Crippen LogP contribution in [0.3, 0.4) is 0 Å². The lowest BCUT2D eigenvalue weighted by molar-refractivity contribution is -0.105. The Morgan fingerprint density at radius 2 is 2.25 bits per heavy atom. The van der Waals surface area contributed by atoms with Crippen LogP contribution in [0, 0.1) is 0 Å². The number of carbonyl (C=O) groups is 1. The standard InChI is InChI=1S/C6H9ClO/c1-3-6(4-8)5(2)7/h4H,3H2,1-2H3/b6-5+. The highest BCUT2D eigenvalue weighted by molar-refractivity contribution is 6.30. The van der Waals surface area contributed by atoms with Crippen molar-refractivity contribution in [2.75, 3.05) is 0 Å². The maximum absolute atomic E-state index is 10.0. The van der Waals surface area contributed by atoms with Crippen LogP contribution in [0.4, 0.5) is 0 Å². The smallest absolute Gasteiger partial charge is 0.147 e. The maximum atomic E-state index is 10.0. The van der Waals surface area contributed by atoms with E-state index >= 15 is 0 Å². The molecule has 0 aliphatic rings. The molecular weight excluding hydrogens is 124 g/mol. The van der Waals surface area contributed by atoms with Crippen molar-refractivity contribution in [1.29, 1.82) is 0 Å². The maximum Gasteiger partial charge on any atom is 0.147 e. The molecule has 0 atom stereocenters. The number of halogens is 1. The van der Waals surface area contributed by atoms with E-state index in [4.69, 9.17) is 11.6 Å². The molecule has 46 valence electrons. The molecule has 0 rings (SSSR count). The van der Waals surface area contributed by atoms with Crippen molar-refractivity contribution in [3.63, 3.8) is 0 Å². The van der Waals surface area contributed by atoms with Gasteiger partial charge < -0.3 is 0 Å². The number of carbonyl (C=O) groups excluding carboxylic acids is 1. The number of hydrogen-bond acceptors (Lipinski definition) is 1. The van der Waals surface area contributed by atoms with Gasteiger partial charge >= 0.3 is 0 Å². The van der Waals surface area contributed by atoms with Gasteiger partial charge in [-0.15, -0.1) is 0 Å². The van der Waals surface area contributed by atoms with E-state index < -0.39 is 0 Å². The first-order valence-corrected chi connectivity index (χ1v) is 2.90. The number of rotatable bonds is 2. The molecule has 0 amide bonds. The molecule has 0 spiro atoms. The van der Waals surface area contributed by atoms with Crippen LogP contribution in [0.2, 0.25) is 0 Å². The summed E-state index contributed by atoms with van der Waals surface area (Å²) in [5, 5.41) is 0.600. The van der Waals surface area contributed by atoms with Crippen molar-refractivity contribution in [2.45, 2.75) is 20.3 Å². The van der Waals surface area contributed by atoms with E-state index in [1.165, 1.54) is 0 Å². The van der Waals surface area contributed by atoms with Crippen LogP contribution in [-0.2, 0) is 4.79 Å². The first-order valence-electron chi connectivity index (χ1n) is 2.52. The van der Waals surface area contributed by atoms with Gasteiger partial charge in [-0.25, -0.2) is 0 Å². The Morgan fingerprint density at radius 3 is 2.25 bits per heavy atom. The summed E-state index contributed by atoms with van der Waals surface area (Å²) in [6, 6.07) is 0. The van der Waals surface area contributed by atoms with E-state index in [1.807, 2.05) is 6.92 Å². The summed E-state index contributed by atoms with van der Waals surface area (Å²) >= 11 is 5.49. The van der Waals surface area contributed by atoms with Gasteiger partial charge in [-0.3, -0.25) is 4.79 Å². The zero-order chi connectivity index (χ0) is 6.57. The molecule has 0 aromatic heterocycles. The van der Waals surface area contributed by atoms with Crippen LogP contribution >= 0.6 is 11.6 Å². The normalized spacial score (nSPS) is 12.9. The van der Waals surface area contributed by atoms with Gasteiger partial charge in [-0.2, -0.15) is 0 Å². The van der Waals surface area contributed by atoms with E-state index in [-0.39, 0.29) is 0 Å². The zero-order valence-electron chi connectivity index (χ0n) is 5.07. The highest BCUT2D eigenvalue weighted by atomic mass is 35.5. The second-order valence-electron chi connectivity index (χ2n) is 1.53. The Balaban J connectivity index is 4.07. The topological polar surface area (TPSA) is 17.1 Å². The molecule has 0 heterocycles. The summed E-state index contributed by atoms with van der Waals surface area (Å²) < 4.78 is 0. The van der Waals surface area contributed by atoms with Crippen LogP contribution in [-0.4, -0.2) is 6.29 Å².